The van der Waals surface area contributed by atoms with Crippen molar-refractivity contribution in [1.29, 1.82) is 0 Å². The molecule has 1 fully saturated rings. The van der Waals surface area contributed by atoms with Gasteiger partial charge in [0.05, 0.1) is 0 Å². The number of aromatic nitrogens is 3. The van der Waals surface area contributed by atoms with Gasteiger partial charge in [-0.2, -0.15) is 5.10 Å². The van der Waals surface area contributed by atoms with Crippen molar-refractivity contribution in [2.75, 3.05) is 26.7 Å². The summed E-state index contributed by atoms with van der Waals surface area (Å²) >= 11 is 0. The molecule has 1 saturated heterocycles. The van der Waals surface area contributed by atoms with Crippen LogP contribution in [-0.4, -0.2) is 52.3 Å². The van der Waals surface area contributed by atoms with Gasteiger partial charge in [-0.3, -0.25) is 4.79 Å². The maximum atomic E-state index is 12.4. The lowest BCUT2D eigenvalue weighted by Crippen LogP contribution is -2.45. The van der Waals surface area contributed by atoms with Gasteiger partial charge in [-0.1, -0.05) is 6.92 Å². The van der Waals surface area contributed by atoms with Crippen LogP contribution >= 0.6 is 0 Å². The number of carbonyl (C=O) groups excluding carboxylic acids is 1. The minimum Gasteiger partial charge on any atom is -0.342 e. The van der Waals surface area contributed by atoms with Crippen molar-refractivity contribution in [3.63, 3.8) is 0 Å². The van der Waals surface area contributed by atoms with Gasteiger partial charge in [0, 0.05) is 32.1 Å². The van der Waals surface area contributed by atoms with Crippen molar-refractivity contribution >= 4 is 5.91 Å². The standard InChI is InChI=1S/C15H27N5O/c1-11(8-16-4)15(21)19-7-5-6-14(9-19)10-20-13(3)17-12(2)18-20/h11,14,16H,5-10H2,1-4H3. The van der Waals surface area contributed by atoms with E-state index in [2.05, 4.69) is 15.4 Å². The normalized spacial score (nSPS) is 20.6. The minimum atomic E-state index is 0.0455. The third kappa shape index (κ3) is 4.03. The van der Waals surface area contributed by atoms with Crippen LogP contribution in [-0.2, 0) is 11.3 Å². The van der Waals surface area contributed by atoms with Crippen molar-refractivity contribution in [3.8, 4) is 0 Å². The molecule has 1 aliphatic rings. The highest BCUT2D eigenvalue weighted by Crippen LogP contribution is 2.20. The van der Waals surface area contributed by atoms with Crippen molar-refractivity contribution in [2.45, 2.75) is 40.2 Å². The first-order valence-electron chi connectivity index (χ1n) is 7.82. The van der Waals surface area contributed by atoms with E-state index in [1.54, 1.807) is 0 Å². The van der Waals surface area contributed by atoms with Gasteiger partial charge >= 0.3 is 0 Å². The summed E-state index contributed by atoms with van der Waals surface area (Å²) in [5.74, 6) is 2.56. The van der Waals surface area contributed by atoms with Gasteiger partial charge in [0.2, 0.25) is 5.91 Å². The molecular formula is C15H27N5O. The van der Waals surface area contributed by atoms with Crippen molar-refractivity contribution < 1.29 is 4.79 Å². The molecule has 0 bridgehead atoms. The summed E-state index contributed by atoms with van der Waals surface area (Å²) in [4.78, 5) is 18.8. The highest BCUT2D eigenvalue weighted by atomic mass is 16.2. The molecule has 0 saturated carbocycles. The van der Waals surface area contributed by atoms with Crippen LogP contribution in [0.25, 0.3) is 0 Å². The molecule has 1 aliphatic heterocycles. The summed E-state index contributed by atoms with van der Waals surface area (Å²) in [5.41, 5.74) is 0. The second-order valence-electron chi connectivity index (χ2n) is 6.14. The largest absolute Gasteiger partial charge is 0.342 e. The minimum absolute atomic E-state index is 0.0455. The quantitative estimate of drug-likeness (QED) is 0.879. The molecule has 0 spiro atoms. The maximum Gasteiger partial charge on any atom is 0.226 e. The molecule has 6 nitrogen and oxygen atoms in total. The highest BCUT2D eigenvalue weighted by molar-refractivity contribution is 5.78. The number of piperidine rings is 1. The molecule has 6 heteroatoms. The van der Waals surface area contributed by atoms with Crippen LogP contribution in [0.5, 0.6) is 0 Å². The number of aryl methyl sites for hydroxylation is 2. The first-order chi connectivity index (χ1) is 10.0. The molecule has 0 radical (unpaired) electrons. The molecule has 1 amide bonds. The fourth-order valence-corrected chi connectivity index (χ4v) is 3.10. The van der Waals surface area contributed by atoms with Crippen LogP contribution in [0.1, 0.15) is 31.4 Å². The van der Waals surface area contributed by atoms with Gasteiger partial charge in [0.25, 0.3) is 0 Å². The summed E-state index contributed by atoms with van der Waals surface area (Å²) in [6, 6.07) is 0. The Morgan fingerprint density at radius 1 is 1.48 bits per heavy atom. The molecule has 1 aromatic heterocycles. The zero-order valence-corrected chi connectivity index (χ0v) is 13.6. The lowest BCUT2D eigenvalue weighted by atomic mass is 9.96. The number of carbonyl (C=O) groups is 1. The molecular weight excluding hydrogens is 266 g/mol. The Morgan fingerprint density at radius 3 is 2.86 bits per heavy atom. The van der Waals surface area contributed by atoms with Gasteiger partial charge in [-0.25, -0.2) is 9.67 Å². The van der Waals surface area contributed by atoms with Gasteiger partial charge < -0.3 is 10.2 Å². The average Bonchev–Trinajstić information content (AvgIpc) is 2.76. The summed E-state index contributed by atoms with van der Waals surface area (Å²) in [6.45, 7) is 9.22. The maximum absolute atomic E-state index is 12.4. The number of likely N-dealkylation sites (tertiary alicyclic amines) is 1. The molecule has 1 N–H and O–H groups in total. The Morgan fingerprint density at radius 2 is 2.24 bits per heavy atom. The first kappa shape index (κ1) is 15.9. The van der Waals surface area contributed by atoms with E-state index in [1.807, 2.05) is 37.4 Å². The number of hydrogen-bond donors (Lipinski definition) is 1. The van der Waals surface area contributed by atoms with Crippen LogP contribution in [0.3, 0.4) is 0 Å². The summed E-state index contributed by atoms with van der Waals surface area (Å²) in [7, 11) is 1.89. The van der Waals surface area contributed by atoms with Crippen molar-refractivity contribution in [2.24, 2.45) is 11.8 Å². The van der Waals surface area contributed by atoms with E-state index in [4.69, 9.17) is 0 Å². The molecule has 2 unspecified atom stereocenters. The van der Waals surface area contributed by atoms with Gasteiger partial charge in [-0.05, 0) is 39.7 Å². The monoisotopic (exact) mass is 293 g/mol. The third-order valence-electron chi connectivity index (χ3n) is 4.16. The second-order valence-corrected chi connectivity index (χ2v) is 6.14. The second kappa shape index (κ2) is 7.02. The van der Waals surface area contributed by atoms with Gasteiger partial charge in [0.15, 0.2) is 0 Å². The van der Waals surface area contributed by atoms with E-state index < -0.39 is 0 Å². The Balaban J connectivity index is 1.94. The predicted molar refractivity (Wildman–Crippen MR) is 81.9 cm³/mol. The van der Waals surface area contributed by atoms with Crippen molar-refractivity contribution in [3.05, 3.63) is 11.6 Å². The van der Waals surface area contributed by atoms with E-state index in [0.29, 0.717) is 5.92 Å². The molecule has 2 rings (SSSR count). The van der Waals surface area contributed by atoms with Gasteiger partial charge in [0.1, 0.15) is 11.6 Å². The Kier molecular flexibility index (Phi) is 5.33. The van der Waals surface area contributed by atoms with Gasteiger partial charge in [-0.15, -0.1) is 0 Å². The number of nitrogens with one attached hydrogen (secondary N) is 1. The van der Waals surface area contributed by atoms with Crippen LogP contribution in [0, 0.1) is 25.7 Å². The van der Waals surface area contributed by atoms with Crippen molar-refractivity contribution in [1.82, 2.24) is 25.0 Å². The number of hydrogen-bond acceptors (Lipinski definition) is 4. The van der Waals surface area contributed by atoms with E-state index >= 15 is 0 Å². The fourth-order valence-electron chi connectivity index (χ4n) is 3.10. The molecule has 2 atom stereocenters. The van der Waals surface area contributed by atoms with E-state index in [0.717, 1.165) is 50.7 Å². The SMILES string of the molecule is CNCC(C)C(=O)N1CCCC(Cn2nc(C)nc2C)C1. The fraction of sp³-hybridized carbons (Fsp3) is 0.800. The number of amides is 1. The third-order valence-corrected chi connectivity index (χ3v) is 4.16. The Labute approximate surface area is 126 Å². The van der Waals surface area contributed by atoms with E-state index in [1.165, 1.54) is 0 Å². The molecule has 2 heterocycles. The molecule has 1 aromatic rings. The number of nitrogens with zero attached hydrogens (tertiary/aromatic N) is 4. The van der Waals surface area contributed by atoms with E-state index in [9.17, 15) is 4.79 Å². The molecule has 0 aliphatic carbocycles. The van der Waals surface area contributed by atoms with Crippen LogP contribution in [0.4, 0.5) is 0 Å². The Hall–Kier alpha value is -1.43. The zero-order chi connectivity index (χ0) is 15.4. The molecule has 21 heavy (non-hydrogen) atoms. The van der Waals surface area contributed by atoms with Crippen LogP contribution in [0.2, 0.25) is 0 Å². The van der Waals surface area contributed by atoms with Crippen LogP contribution < -0.4 is 5.32 Å². The van der Waals surface area contributed by atoms with E-state index in [-0.39, 0.29) is 11.8 Å². The first-order valence-corrected chi connectivity index (χ1v) is 7.82. The number of rotatable bonds is 5. The lowest BCUT2D eigenvalue weighted by Gasteiger charge is -2.34. The highest BCUT2D eigenvalue weighted by Gasteiger charge is 2.27. The molecule has 118 valence electrons. The summed E-state index contributed by atoms with van der Waals surface area (Å²) < 4.78 is 1.98. The summed E-state index contributed by atoms with van der Waals surface area (Å²) in [5, 5.41) is 7.51. The predicted octanol–water partition coefficient (Wildman–Crippen LogP) is 0.989. The Bertz CT molecular complexity index is 484. The average molecular weight is 293 g/mol. The topological polar surface area (TPSA) is 63.1 Å². The van der Waals surface area contributed by atoms with Crippen LogP contribution in [0.15, 0.2) is 0 Å². The smallest absolute Gasteiger partial charge is 0.226 e. The lowest BCUT2D eigenvalue weighted by molar-refractivity contribution is -0.136. The summed E-state index contributed by atoms with van der Waals surface area (Å²) in [6.07, 6.45) is 2.23. The zero-order valence-electron chi connectivity index (χ0n) is 13.6. The molecule has 0 aromatic carbocycles.